The van der Waals surface area contributed by atoms with E-state index in [2.05, 4.69) is 10.4 Å². The van der Waals surface area contributed by atoms with Crippen LogP contribution in [0.2, 0.25) is 0 Å². The van der Waals surface area contributed by atoms with Crippen LogP contribution in [0.1, 0.15) is 30.4 Å². The van der Waals surface area contributed by atoms with E-state index < -0.39 is 18.7 Å². The zero-order valence-corrected chi connectivity index (χ0v) is 15.7. The van der Waals surface area contributed by atoms with Crippen molar-refractivity contribution in [1.29, 1.82) is 0 Å². The number of rotatable bonds is 5. The Morgan fingerprint density at radius 3 is 2.38 bits per heavy atom. The number of alkyl halides is 3. The minimum absolute atomic E-state index is 0.0143. The molecule has 0 aliphatic heterocycles. The Bertz CT molecular complexity index is 1110. The number of carbonyl (C=O) groups excluding carboxylic acids is 1. The fourth-order valence-corrected chi connectivity index (χ4v) is 2.76. The van der Waals surface area contributed by atoms with Gasteiger partial charge >= 0.3 is 6.18 Å². The summed E-state index contributed by atoms with van der Waals surface area (Å²) in [6.45, 7) is 2.02. The molecular formula is C20H18F3N3O3. The Kier molecular flexibility index (Phi) is 5.58. The summed E-state index contributed by atoms with van der Waals surface area (Å²) in [6.07, 6.45) is -4.51. The van der Waals surface area contributed by atoms with Gasteiger partial charge in [0.05, 0.1) is 17.1 Å². The van der Waals surface area contributed by atoms with Crippen molar-refractivity contribution >= 4 is 22.4 Å². The molecule has 0 atom stereocenters. The van der Waals surface area contributed by atoms with Crippen LogP contribution in [0.15, 0.2) is 53.3 Å². The third kappa shape index (κ3) is 4.56. The van der Waals surface area contributed by atoms with E-state index in [4.69, 9.17) is 4.74 Å². The van der Waals surface area contributed by atoms with Crippen LogP contribution < -0.4 is 15.6 Å². The lowest BCUT2D eigenvalue weighted by Gasteiger charge is -2.15. The minimum atomic E-state index is -4.51. The Labute approximate surface area is 163 Å². The second-order valence-electron chi connectivity index (χ2n) is 6.59. The van der Waals surface area contributed by atoms with Gasteiger partial charge in [-0.2, -0.15) is 18.3 Å². The van der Waals surface area contributed by atoms with Gasteiger partial charge in [0, 0.05) is 5.39 Å². The Morgan fingerprint density at radius 2 is 1.72 bits per heavy atom. The van der Waals surface area contributed by atoms with Crippen molar-refractivity contribution in [1.82, 2.24) is 9.78 Å². The van der Waals surface area contributed by atoms with Crippen molar-refractivity contribution in [2.75, 3.05) is 11.9 Å². The summed E-state index contributed by atoms with van der Waals surface area (Å²) in [6, 6.07) is 12.0. The second-order valence-corrected chi connectivity index (χ2v) is 6.59. The van der Waals surface area contributed by atoms with Crippen LogP contribution in [0.3, 0.4) is 0 Å². The first-order valence-electron chi connectivity index (χ1n) is 8.79. The maximum atomic E-state index is 12.9. The van der Waals surface area contributed by atoms with E-state index in [1.54, 1.807) is 44.2 Å². The molecule has 1 N–H and O–H groups in total. The van der Waals surface area contributed by atoms with E-state index in [1.165, 1.54) is 22.9 Å². The summed E-state index contributed by atoms with van der Waals surface area (Å²) >= 11 is 0. The molecule has 152 valence electrons. The standard InChI is InChI=1S/C20H18F3N3O3/c1-12(2)26-19(28)14-8-4-3-7-13(14)17(25-26)18(27)24-15-9-5-6-10-16(15)29-11-20(21,22)23/h3-10,12H,11H2,1-2H3,(H,24,27). The Hall–Kier alpha value is -3.36. The maximum Gasteiger partial charge on any atom is 0.422 e. The SMILES string of the molecule is CC(C)n1nc(C(=O)Nc2ccccc2OCC(F)(F)F)c2ccccc2c1=O. The molecule has 1 heterocycles. The molecule has 3 rings (SSSR count). The lowest BCUT2D eigenvalue weighted by atomic mass is 10.1. The lowest BCUT2D eigenvalue weighted by Crippen LogP contribution is -2.29. The molecule has 0 aliphatic carbocycles. The number of hydrogen-bond acceptors (Lipinski definition) is 4. The lowest BCUT2D eigenvalue weighted by molar-refractivity contribution is -0.153. The number of carbonyl (C=O) groups is 1. The van der Waals surface area contributed by atoms with Gasteiger partial charge in [0.15, 0.2) is 12.3 Å². The predicted molar refractivity (Wildman–Crippen MR) is 102 cm³/mol. The van der Waals surface area contributed by atoms with E-state index in [9.17, 15) is 22.8 Å². The zero-order valence-electron chi connectivity index (χ0n) is 15.7. The number of amides is 1. The third-order valence-electron chi connectivity index (χ3n) is 4.06. The number of ether oxygens (including phenoxy) is 1. The number of anilines is 1. The molecule has 9 heteroatoms. The van der Waals surface area contributed by atoms with Gasteiger partial charge in [0.1, 0.15) is 5.75 Å². The molecule has 0 saturated carbocycles. The first kappa shape index (κ1) is 20.4. The normalized spacial score (nSPS) is 11.7. The van der Waals surface area contributed by atoms with Gasteiger partial charge in [0.25, 0.3) is 11.5 Å². The Morgan fingerprint density at radius 1 is 1.10 bits per heavy atom. The number of fused-ring (bicyclic) bond motifs is 1. The first-order chi connectivity index (χ1) is 13.7. The van der Waals surface area contributed by atoms with Gasteiger partial charge in [-0.25, -0.2) is 4.68 Å². The number of nitrogens with zero attached hydrogens (tertiary/aromatic N) is 2. The molecule has 0 radical (unpaired) electrons. The quantitative estimate of drug-likeness (QED) is 0.692. The highest BCUT2D eigenvalue weighted by Crippen LogP contribution is 2.27. The largest absolute Gasteiger partial charge is 0.482 e. The monoisotopic (exact) mass is 405 g/mol. The van der Waals surface area contributed by atoms with Crippen LogP contribution in [0, 0.1) is 0 Å². The van der Waals surface area contributed by atoms with Crippen molar-refractivity contribution in [3.8, 4) is 5.75 Å². The van der Waals surface area contributed by atoms with E-state index in [0.29, 0.717) is 10.8 Å². The summed E-state index contributed by atoms with van der Waals surface area (Å²) in [5, 5.41) is 7.38. The van der Waals surface area contributed by atoms with Gasteiger partial charge in [-0.3, -0.25) is 9.59 Å². The number of para-hydroxylation sites is 2. The summed E-state index contributed by atoms with van der Waals surface area (Å²) in [4.78, 5) is 25.5. The van der Waals surface area contributed by atoms with E-state index in [0.717, 1.165) is 0 Å². The molecule has 1 aromatic heterocycles. The van der Waals surface area contributed by atoms with Gasteiger partial charge in [-0.15, -0.1) is 0 Å². The second kappa shape index (κ2) is 7.94. The molecule has 29 heavy (non-hydrogen) atoms. The molecule has 2 aromatic carbocycles. The molecule has 6 nitrogen and oxygen atoms in total. The molecule has 0 aliphatic rings. The molecule has 0 spiro atoms. The molecule has 0 bridgehead atoms. The van der Waals surface area contributed by atoms with Crippen LogP contribution >= 0.6 is 0 Å². The fourth-order valence-electron chi connectivity index (χ4n) is 2.76. The number of benzene rings is 2. The maximum absolute atomic E-state index is 12.9. The summed E-state index contributed by atoms with van der Waals surface area (Å²) < 4.78 is 43.4. The third-order valence-corrected chi connectivity index (χ3v) is 4.06. The van der Waals surface area contributed by atoms with E-state index >= 15 is 0 Å². The first-order valence-corrected chi connectivity index (χ1v) is 8.79. The van der Waals surface area contributed by atoms with Crippen molar-refractivity contribution in [3.63, 3.8) is 0 Å². The number of halogens is 3. The van der Waals surface area contributed by atoms with E-state index in [-0.39, 0.29) is 28.7 Å². The average molecular weight is 405 g/mol. The molecule has 0 fully saturated rings. The van der Waals surface area contributed by atoms with Gasteiger partial charge in [0.2, 0.25) is 0 Å². The zero-order chi connectivity index (χ0) is 21.2. The van der Waals surface area contributed by atoms with Crippen molar-refractivity contribution < 1.29 is 22.7 Å². The van der Waals surface area contributed by atoms with Crippen molar-refractivity contribution in [2.45, 2.75) is 26.1 Å². The van der Waals surface area contributed by atoms with Gasteiger partial charge in [-0.1, -0.05) is 30.3 Å². The number of hydrogen-bond donors (Lipinski definition) is 1. The van der Waals surface area contributed by atoms with Crippen LogP contribution in [-0.2, 0) is 0 Å². The van der Waals surface area contributed by atoms with E-state index in [1.807, 2.05) is 0 Å². The molecule has 0 saturated heterocycles. The summed E-state index contributed by atoms with van der Waals surface area (Å²) in [5.41, 5.74) is -0.282. The van der Waals surface area contributed by atoms with Crippen LogP contribution in [-0.4, -0.2) is 28.5 Å². The number of aromatic nitrogens is 2. The van der Waals surface area contributed by atoms with Gasteiger partial charge < -0.3 is 10.1 Å². The number of nitrogens with one attached hydrogen (secondary N) is 1. The highest BCUT2D eigenvalue weighted by Gasteiger charge is 2.29. The predicted octanol–water partition coefficient (Wildman–Crippen LogP) is 4.17. The molecular weight excluding hydrogens is 387 g/mol. The molecule has 0 unspecified atom stereocenters. The smallest absolute Gasteiger partial charge is 0.422 e. The summed E-state index contributed by atoms with van der Waals surface area (Å²) in [5.74, 6) is -0.793. The van der Waals surface area contributed by atoms with Crippen LogP contribution in [0.4, 0.5) is 18.9 Å². The van der Waals surface area contributed by atoms with Crippen LogP contribution in [0.25, 0.3) is 10.8 Å². The fraction of sp³-hybridized carbons (Fsp3) is 0.250. The topological polar surface area (TPSA) is 73.2 Å². The van der Waals surface area contributed by atoms with Gasteiger partial charge in [-0.05, 0) is 32.0 Å². The Balaban J connectivity index is 2.00. The molecule has 3 aromatic rings. The molecule has 1 amide bonds. The van der Waals surface area contributed by atoms with Crippen molar-refractivity contribution in [2.24, 2.45) is 0 Å². The average Bonchev–Trinajstić information content (AvgIpc) is 2.67. The highest BCUT2D eigenvalue weighted by atomic mass is 19.4. The summed E-state index contributed by atoms with van der Waals surface area (Å²) in [7, 11) is 0. The van der Waals surface area contributed by atoms with Crippen LogP contribution in [0.5, 0.6) is 5.75 Å². The highest BCUT2D eigenvalue weighted by molar-refractivity contribution is 6.11. The van der Waals surface area contributed by atoms with Crippen molar-refractivity contribution in [3.05, 3.63) is 64.6 Å². The minimum Gasteiger partial charge on any atom is -0.482 e.